The number of nitrogens with zero attached hydrogens (tertiary/aromatic N) is 4. The van der Waals surface area contributed by atoms with Crippen LogP contribution in [0.4, 0.5) is 0 Å². The van der Waals surface area contributed by atoms with Crippen molar-refractivity contribution in [2.75, 3.05) is 7.11 Å². The van der Waals surface area contributed by atoms with Gasteiger partial charge in [0.05, 0.1) is 35.6 Å². The molecule has 2 aromatic carbocycles. The third-order valence-corrected chi connectivity index (χ3v) is 4.24. The van der Waals surface area contributed by atoms with Crippen molar-refractivity contribution in [2.24, 2.45) is 0 Å². The molecule has 1 N–H and O–H groups in total. The number of carbonyl (C=O) groups excluding carboxylic acids is 1. The van der Waals surface area contributed by atoms with Crippen LogP contribution in [0.15, 0.2) is 47.3 Å². The van der Waals surface area contributed by atoms with Crippen molar-refractivity contribution in [2.45, 2.75) is 6.54 Å². The van der Waals surface area contributed by atoms with E-state index < -0.39 is 5.97 Å². The average molecular weight is 359 g/mol. The first-order valence-electron chi connectivity index (χ1n) is 8.07. The molecule has 0 atom stereocenters. The Morgan fingerprint density at radius 1 is 1.26 bits per heavy atom. The molecule has 132 valence electrons. The third kappa shape index (κ3) is 2.81. The maximum absolute atomic E-state index is 12.4. The van der Waals surface area contributed by atoms with Crippen molar-refractivity contribution in [1.29, 1.82) is 5.26 Å². The van der Waals surface area contributed by atoms with E-state index in [1.54, 1.807) is 4.68 Å². The second-order valence-electron chi connectivity index (χ2n) is 5.87. The van der Waals surface area contributed by atoms with E-state index in [-0.39, 0.29) is 12.1 Å². The lowest BCUT2D eigenvalue weighted by atomic mass is 10.1. The van der Waals surface area contributed by atoms with Crippen LogP contribution in [-0.2, 0) is 11.3 Å². The second-order valence-corrected chi connectivity index (χ2v) is 5.87. The molecule has 0 fully saturated rings. The summed E-state index contributed by atoms with van der Waals surface area (Å²) in [5, 5.41) is 14.7. The number of nitrogens with one attached hydrogen (secondary N) is 1. The van der Waals surface area contributed by atoms with Crippen molar-refractivity contribution in [3.63, 3.8) is 0 Å². The molecule has 0 radical (unpaired) electrons. The van der Waals surface area contributed by atoms with Crippen LogP contribution in [0.25, 0.3) is 21.8 Å². The van der Waals surface area contributed by atoms with Gasteiger partial charge in [-0.25, -0.2) is 9.78 Å². The second kappa shape index (κ2) is 6.38. The van der Waals surface area contributed by atoms with Crippen molar-refractivity contribution < 1.29 is 9.53 Å². The van der Waals surface area contributed by atoms with E-state index in [4.69, 9.17) is 4.74 Å². The number of aromatic nitrogens is 4. The minimum absolute atomic E-state index is 0.176. The highest BCUT2D eigenvalue weighted by molar-refractivity contribution is 5.94. The summed E-state index contributed by atoms with van der Waals surface area (Å²) in [5.74, 6) is -0.135. The Hall–Kier alpha value is -3.99. The molecule has 0 amide bonds. The van der Waals surface area contributed by atoms with Crippen LogP contribution in [0.1, 0.15) is 21.9 Å². The van der Waals surface area contributed by atoms with Gasteiger partial charge in [-0.3, -0.25) is 9.48 Å². The van der Waals surface area contributed by atoms with Crippen molar-refractivity contribution >= 4 is 27.8 Å². The maximum atomic E-state index is 12.4. The molecule has 4 aromatic rings. The zero-order valence-electron chi connectivity index (χ0n) is 14.3. The Morgan fingerprint density at radius 3 is 2.85 bits per heavy atom. The fraction of sp³-hybridized carbons (Fsp3) is 0.105. The monoisotopic (exact) mass is 359 g/mol. The highest BCUT2D eigenvalue weighted by atomic mass is 16.5. The zero-order valence-corrected chi connectivity index (χ0v) is 14.3. The van der Waals surface area contributed by atoms with Crippen LogP contribution in [0, 0.1) is 11.3 Å². The molecule has 8 heteroatoms. The van der Waals surface area contributed by atoms with Crippen LogP contribution >= 0.6 is 0 Å². The number of hydrogen-bond acceptors (Lipinski definition) is 6. The lowest BCUT2D eigenvalue weighted by molar-refractivity contribution is 0.0601. The summed E-state index contributed by atoms with van der Waals surface area (Å²) in [6.45, 7) is 0.176. The van der Waals surface area contributed by atoms with Crippen LogP contribution < -0.4 is 5.56 Å². The van der Waals surface area contributed by atoms with Gasteiger partial charge in [0.15, 0.2) is 5.69 Å². The molecule has 0 saturated carbocycles. The fourth-order valence-corrected chi connectivity index (χ4v) is 2.98. The summed E-state index contributed by atoms with van der Waals surface area (Å²) in [5.41, 5.74) is 1.45. The molecule has 0 bridgehead atoms. The number of ether oxygens (including phenoxy) is 1. The van der Waals surface area contributed by atoms with Gasteiger partial charge in [0.25, 0.3) is 5.56 Å². The largest absolute Gasteiger partial charge is 0.465 e. The van der Waals surface area contributed by atoms with E-state index in [2.05, 4.69) is 21.1 Å². The lowest BCUT2D eigenvalue weighted by Gasteiger charge is -2.06. The first-order valence-corrected chi connectivity index (χ1v) is 8.07. The van der Waals surface area contributed by atoms with Crippen molar-refractivity contribution in [1.82, 2.24) is 19.7 Å². The Balaban J connectivity index is 1.82. The van der Waals surface area contributed by atoms with Gasteiger partial charge in [0, 0.05) is 5.39 Å². The van der Waals surface area contributed by atoms with Gasteiger partial charge in [0.2, 0.25) is 0 Å². The molecular formula is C19H13N5O3. The predicted octanol–water partition coefficient (Wildman–Crippen LogP) is 1.98. The number of rotatable bonds is 3. The molecule has 2 heterocycles. The van der Waals surface area contributed by atoms with Gasteiger partial charge in [0.1, 0.15) is 11.9 Å². The van der Waals surface area contributed by atoms with Crippen molar-refractivity contribution in [3.8, 4) is 6.07 Å². The number of benzene rings is 2. The summed E-state index contributed by atoms with van der Waals surface area (Å²) in [7, 11) is 1.29. The van der Waals surface area contributed by atoms with Gasteiger partial charge in [-0.05, 0) is 30.3 Å². The molecule has 27 heavy (non-hydrogen) atoms. The molecule has 2 aromatic heterocycles. The van der Waals surface area contributed by atoms with E-state index >= 15 is 0 Å². The smallest absolute Gasteiger partial charge is 0.337 e. The highest BCUT2D eigenvalue weighted by Crippen LogP contribution is 2.18. The molecule has 0 saturated heterocycles. The standard InChI is InChI=1S/C19H13N5O3/c1-27-19(26)11-6-7-13-14(8-11)21-17(22-18(13)25)10-24-16-5-3-2-4-12(16)15(9-20)23-24/h2-8H,10H2,1H3,(H,21,22,25). The summed E-state index contributed by atoms with van der Waals surface area (Å²) in [6, 6.07) is 14.0. The fourth-order valence-electron chi connectivity index (χ4n) is 2.98. The number of esters is 1. The SMILES string of the molecule is COC(=O)c1ccc2c(=O)[nH]c(Cn3nc(C#N)c4ccccc43)nc2c1. The predicted molar refractivity (Wildman–Crippen MR) is 97.3 cm³/mol. The molecule has 0 aliphatic heterocycles. The van der Waals surface area contributed by atoms with Crippen molar-refractivity contribution in [3.05, 3.63) is 69.9 Å². The van der Waals surface area contributed by atoms with Gasteiger partial charge in [-0.15, -0.1) is 0 Å². The van der Waals surface area contributed by atoms with Crippen LogP contribution in [0.5, 0.6) is 0 Å². The number of nitriles is 1. The van der Waals surface area contributed by atoms with E-state index in [0.29, 0.717) is 28.0 Å². The quantitative estimate of drug-likeness (QED) is 0.560. The van der Waals surface area contributed by atoms with Gasteiger partial charge in [-0.1, -0.05) is 12.1 Å². The van der Waals surface area contributed by atoms with Gasteiger partial charge < -0.3 is 9.72 Å². The molecule has 0 aliphatic carbocycles. The third-order valence-electron chi connectivity index (χ3n) is 4.24. The summed E-state index contributed by atoms with van der Waals surface area (Å²) in [6.07, 6.45) is 0. The Kier molecular flexibility index (Phi) is 3.90. The normalized spacial score (nSPS) is 10.8. The molecule has 8 nitrogen and oxygen atoms in total. The molecule has 0 spiro atoms. The molecule has 4 rings (SSSR count). The summed E-state index contributed by atoms with van der Waals surface area (Å²) >= 11 is 0. The van der Waals surface area contributed by atoms with Crippen LogP contribution in [-0.4, -0.2) is 32.8 Å². The number of fused-ring (bicyclic) bond motifs is 2. The molecule has 0 aliphatic rings. The lowest BCUT2D eigenvalue weighted by Crippen LogP contribution is -2.15. The Labute approximate surface area is 152 Å². The topological polar surface area (TPSA) is 114 Å². The first-order chi connectivity index (χ1) is 13.1. The van der Waals surface area contributed by atoms with E-state index in [1.165, 1.54) is 25.3 Å². The minimum Gasteiger partial charge on any atom is -0.465 e. The number of H-pyrrole nitrogens is 1. The van der Waals surface area contributed by atoms with Gasteiger partial charge >= 0.3 is 5.97 Å². The number of para-hydroxylation sites is 1. The molecule has 0 unspecified atom stereocenters. The average Bonchev–Trinajstić information content (AvgIpc) is 3.04. The van der Waals surface area contributed by atoms with E-state index in [1.807, 2.05) is 24.3 Å². The van der Waals surface area contributed by atoms with E-state index in [0.717, 1.165) is 10.9 Å². The number of hydrogen-bond donors (Lipinski definition) is 1. The van der Waals surface area contributed by atoms with Gasteiger partial charge in [-0.2, -0.15) is 10.4 Å². The minimum atomic E-state index is -0.503. The number of aromatic amines is 1. The molecular weight excluding hydrogens is 346 g/mol. The summed E-state index contributed by atoms with van der Waals surface area (Å²) < 4.78 is 6.32. The highest BCUT2D eigenvalue weighted by Gasteiger charge is 2.13. The van der Waals surface area contributed by atoms with Crippen LogP contribution in [0.2, 0.25) is 0 Å². The Morgan fingerprint density at radius 2 is 2.07 bits per heavy atom. The summed E-state index contributed by atoms with van der Waals surface area (Å²) in [4.78, 5) is 31.3. The first kappa shape index (κ1) is 16.5. The Bertz CT molecular complexity index is 1300. The maximum Gasteiger partial charge on any atom is 0.337 e. The number of methoxy groups -OCH3 is 1. The number of carbonyl (C=O) groups is 1. The van der Waals surface area contributed by atoms with Crippen LogP contribution in [0.3, 0.4) is 0 Å². The van der Waals surface area contributed by atoms with E-state index in [9.17, 15) is 14.9 Å². The zero-order chi connectivity index (χ0) is 19.0.